The molecule has 1 aromatic carbocycles. The quantitative estimate of drug-likeness (QED) is 0.883. The molecule has 1 saturated heterocycles. The number of hydrogen-bond donors (Lipinski definition) is 1. The van der Waals surface area contributed by atoms with E-state index in [2.05, 4.69) is 17.3 Å². The molecule has 7 heteroatoms. The molecular weight excluding hydrogens is 340 g/mol. The third-order valence-electron chi connectivity index (χ3n) is 4.31. The zero-order valence-corrected chi connectivity index (χ0v) is 15.1. The van der Waals surface area contributed by atoms with Crippen LogP contribution in [0.25, 0.3) is 0 Å². The van der Waals surface area contributed by atoms with E-state index < -0.39 is 0 Å². The molecule has 6 nitrogen and oxygen atoms in total. The van der Waals surface area contributed by atoms with Gasteiger partial charge in [-0.15, -0.1) is 0 Å². The zero-order valence-electron chi connectivity index (χ0n) is 14.3. The van der Waals surface area contributed by atoms with Gasteiger partial charge in [-0.2, -0.15) is 5.10 Å². The molecule has 1 unspecified atom stereocenters. The highest BCUT2D eigenvalue weighted by atomic mass is 35.5. The van der Waals surface area contributed by atoms with Crippen LogP contribution in [0.1, 0.15) is 25.3 Å². The third-order valence-corrected chi connectivity index (χ3v) is 4.56. The van der Waals surface area contributed by atoms with E-state index in [0.717, 1.165) is 18.4 Å². The van der Waals surface area contributed by atoms with Crippen molar-refractivity contribution in [1.82, 2.24) is 14.7 Å². The van der Waals surface area contributed by atoms with E-state index in [1.807, 2.05) is 35.2 Å². The van der Waals surface area contributed by atoms with Gasteiger partial charge in [-0.05, 0) is 24.1 Å². The summed E-state index contributed by atoms with van der Waals surface area (Å²) < 4.78 is 7.29. The minimum Gasteiger partial charge on any atom is -0.377 e. The van der Waals surface area contributed by atoms with Gasteiger partial charge in [0.2, 0.25) is 0 Å². The number of amides is 2. The lowest BCUT2D eigenvalue weighted by Crippen LogP contribution is -2.50. The van der Waals surface area contributed by atoms with Gasteiger partial charge >= 0.3 is 6.03 Å². The van der Waals surface area contributed by atoms with Crippen LogP contribution in [0.3, 0.4) is 0 Å². The molecule has 2 aromatic rings. The lowest BCUT2D eigenvalue weighted by molar-refractivity contribution is 0.0124. The average Bonchev–Trinajstić information content (AvgIpc) is 3.04. The predicted octanol–water partition coefficient (Wildman–Crippen LogP) is 3.62. The van der Waals surface area contributed by atoms with Crippen molar-refractivity contribution in [2.75, 3.05) is 25.1 Å². The molecule has 1 aliphatic rings. The fourth-order valence-corrected chi connectivity index (χ4v) is 3.13. The summed E-state index contributed by atoms with van der Waals surface area (Å²) >= 11 is 5.92. The minimum absolute atomic E-state index is 0.0976. The Bertz CT molecular complexity index is 699. The molecule has 0 saturated carbocycles. The number of aromatic nitrogens is 2. The number of hydrogen-bond acceptors (Lipinski definition) is 3. The number of urea groups is 1. The van der Waals surface area contributed by atoms with Gasteiger partial charge in [0.05, 0.1) is 32.0 Å². The number of carbonyl (C=O) groups excluding carboxylic acids is 1. The molecule has 1 aromatic heterocycles. The molecule has 0 bridgehead atoms. The topological polar surface area (TPSA) is 59.4 Å². The second kappa shape index (κ2) is 8.36. The zero-order chi connectivity index (χ0) is 17.6. The number of benzene rings is 1. The number of nitrogens with zero attached hydrogens (tertiary/aromatic N) is 3. The van der Waals surface area contributed by atoms with Crippen LogP contribution < -0.4 is 5.32 Å². The Balaban J connectivity index is 1.67. The van der Waals surface area contributed by atoms with Gasteiger partial charge in [-0.1, -0.05) is 37.1 Å². The predicted molar refractivity (Wildman–Crippen MR) is 98.0 cm³/mol. The highest BCUT2D eigenvalue weighted by Crippen LogP contribution is 2.17. The van der Waals surface area contributed by atoms with Gasteiger partial charge in [0.1, 0.15) is 5.82 Å². The number of nitrogens with one attached hydrogen (secondary N) is 1. The van der Waals surface area contributed by atoms with Crippen molar-refractivity contribution >= 4 is 23.4 Å². The number of ether oxygens (including phenoxy) is 1. The van der Waals surface area contributed by atoms with Crippen LogP contribution in [-0.4, -0.2) is 46.5 Å². The molecule has 3 rings (SSSR count). The van der Waals surface area contributed by atoms with Crippen molar-refractivity contribution in [2.24, 2.45) is 0 Å². The van der Waals surface area contributed by atoms with Crippen LogP contribution >= 0.6 is 11.6 Å². The molecule has 2 heterocycles. The van der Waals surface area contributed by atoms with Gasteiger partial charge < -0.3 is 9.64 Å². The molecule has 0 radical (unpaired) electrons. The Morgan fingerprint density at radius 2 is 2.16 bits per heavy atom. The van der Waals surface area contributed by atoms with Crippen LogP contribution in [0, 0.1) is 0 Å². The number of halogens is 1. The summed E-state index contributed by atoms with van der Waals surface area (Å²) in [5.74, 6) is 0.682. The lowest BCUT2D eigenvalue weighted by Gasteiger charge is -2.35. The third kappa shape index (κ3) is 4.52. The number of rotatable bonds is 5. The lowest BCUT2D eigenvalue weighted by atomic mass is 10.1. The van der Waals surface area contributed by atoms with E-state index in [4.69, 9.17) is 16.3 Å². The van der Waals surface area contributed by atoms with E-state index in [-0.39, 0.29) is 12.1 Å². The van der Waals surface area contributed by atoms with E-state index in [1.165, 1.54) is 0 Å². The van der Waals surface area contributed by atoms with Crippen LogP contribution in [-0.2, 0) is 11.3 Å². The van der Waals surface area contributed by atoms with Crippen molar-refractivity contribution in [3.05, 3.63) is 47.1 Å². The van der Waals surface area contributed by atoms with Crippen molar-refractivity contribution in [2.45, 2.75) is 32.4 Å². The van der Waals surface area contributed by atoms with Crippen molar-refractivity contribution < 1.29 is 9.53 Å². The monoisotopic (exact) mass is 362 g/mol. The van der Waals surface area contributed by atoms with Crippen LogP contribution in [0.4, 0.5) is 10.6 Å². The Morgan fingerprint density at radius 3 is 2.92 bits per heavy atom. The van der Waals surface area contributed by atoms with E-state index >= 15 is 0 Å². The summed E-state index contributed by atoms with van der Waals surface area (Å²) in [6.07, 6.45) is 3.65. The van der Waals surface area contributed by atoms with Gasteiger partial charge in [-0.3, -0.25) is 5.32 Å². The van der Waals surface area contributed by atoms with Gasteiger partial charge in [-0.25, -0.2) is 9.48 Å². The molecule has 1 N–H and O–H groups in total. The van der Waals surface area contributed by atoms with Gasteiger partial charge in [0, 0.05) is 17.6 Å². The standard InChI is InChI=1S/C18H23ClN4O2/c1-2-3-16-13-25-11-10-22(16)18(24)21-17-8-9-20-23(17)12-14-4-6-15(19)7-5-14/h4-9,16H,2-3,10-13H2,1H3,(H,21,24). The first-order chi connectivity index (χ1) is 12.2. The minimum atomic E-state index is -0.0976. The maximum atomic E-state index is 12.7. The van der Waals surface area contributed by atoms with Crippen molar-refractivity contribution in [3.8, 4) is 0 Å². The molecule has 0 aliphatic carbocycles. The SMILES string of the molecule is CCCC1COCCN1C(=O)Nc1ccnn1Cc1ccc(Cl)cc1. The fraction of sp³-hybridized carbons (Fsp3) is 0.444. The van der Waals surface area contributed by atoms with Gasteiger partial charge in [0.25, 0.3) is 0 Å². The Morgan fingerprint density at radius 1 is 1.36 bits per heavy atom. The van der Waals surface area contributed by atoms with Gasteiger partial charge in [0.15, 0.2) is 0 Å². The smallest absolute Gasteiger partial charge is 0.323 e. The summed E-state index contributed by atoms with van der Waals surface area (Å²) in [5.41, 5.74) is 1.07. The van der Waals surface area contributed by atoms with Crippen LogP contribution in [0.15, 0.2) is 36.5 Å². The first-order valence-corrected chi connectivity index (χ1v) is 8.97. The summed E-state index contributed by atoms with van der Waals surface area (Å²) in [7, 11) is 0. The molecule has 1 fully saturated rings. The fourth-order valence-electron chi connectivity index (χ4n) is 3.00. The molecule has 134 valence electrons. The first kappa shape index (κ1) is 17.8. The van der Waals surface area contributed by atoms with Crippen molar-refractivity contribution in [3.63, 3.8) is 0 Å². The molecule has 0 spiro atoms. The summed E-state index contributed by atoms with van der Waals surface area (Å²) in [4.78, 5) is 14.6. The summed E-state index contributed by atoms with van der Waals surface area (Å²) in [6, 6.07) is 9.45. The second-order valence-corrected chi connectivity index (χ2v) is 6.58. The van der Waals surface area contributed by atoms with E-state index in [9.17, 15) is 4.79 Å². The van der Waals surface area contributed by atoms with E-state index in [1.54, 1.807) is 10.9 Å². The van der Waals surface area contributed by atoms with Crippen molar-refractivity contribution in [1.29, 1.82) is 0 Å². The number of anilines is 1. The molecule has 1 atom stereocenters. The summed E-state index contributed by atoms with van der Waals surface area (Å²) in [6.45, 7) is 4.48. The molecule has 1 aliphatic heterocycles. The average molecular weight is 363 g/mol. The molecule has 25 heavy (non-hydrogen) atoms. The first-order valence-electron chi connectivity index (χ1n) is 8.59. The highest BCUT2D eigenvalue weighted by Gasteiger charge is 2.27. The Hall–Kier alpha value is -2.05. The molecular formula is C18H23ClN4O2. The number of carbonyl (C=O) groups is 1. The maximum absolute atomic E-state index is 12.7. The maximum Gasteiger partial charge on any atom is 0.323 e. The van der Waals surface area contributed by atoms with E-state index in [0.29, 0.717) is 37.1 Å². The summed E-state index contributed by atoms with van der Waals surface area (Å²) in [5, 5.41) is 8.00. The Labute approximate surface area is 152 Å². The second-order valence-electron chi connectivity index (χ2n) is 6.14. The number of morpholine rings is 1. The van der Waals surface area contributed by atoms with Crippen LogP contribution in [0.5, 0.6) is 0 Å². The molecule has 2 amide bonds. The highest BCUT2D eigenvalue weighted by molar-refractivity contribution is 6.30. The normalized spacial score (nSPS) is 17.5. The largest absolute Gasteiger partial charge is 0.377 e. The Kier molecular flexibility index (Phi) is 5.94. The van der Waals surface area contributed by atoms with Crippen LogP contribution in [0.2, 0.25) is 5.02 Å².